The van der Waals surface area contributed by atoms with E-state index in [-0.39, 0.29) is 31.4 Å². The summed E-state index contributed by atoms with van der Waals surface area (Å²) < 4.78 is 12.7. The molecular formula is C34H38N6O7S. The fourth-order valence-corrected chi connectivity index (χ4v) is 7.41. The SMILES string of the molecule is O=C(N[C@H]1CCCCC/C=C\[C@@H]2C[C@@]2(C(=O)O)NC(=O)[C@@H]2C[C@@H](Oc3nc(-c4ccccn4)nc4ccsc34)CN2C1=O)OC1CCC1. The number of pyridine rings is 1. The maximum absolute atomic E-state index is 14.3. The number of nitrogens with one attached hydrogen (secondary N) is 2. The molecule has 0 spiro atoms. The van der Waals surface area contributed by atoms with Gasteiger partial charge in [0, 0.05) is 18.5 Å². The van der Waals surface area contributed by atoms with Crippen molar-refractivity contribution in [1.29, 1.82) is 0 Å². The van der Waals surface area contributed by atoms with Gasteiger partial charge in [-0.15, -0.1) is 11.3 Å². The number of carboxylic acids is 1. The number of fused-ring (bicyclic) bond motifs is 3. The molecule has 48 heavy (non-hydrogen) atoms. The summed E-state index contributed by atoms with van der Waals surface area (Å²) in [5.74, 6) is -1.77. The molecule has 5 atom stereocenters. The summed E-state index contributed by atoms with van der Waals surface area (Å²) in [5, 5.41) is 17.6. The average molecular weight is 675 g/mol. The lowest BCUT2D eigenvalue weighted by atomic mass is 9.96. The Kier molecular flexibility index (Phi) is 8.99. The lowest BCUT2D eigenvalue weighted by Gasteiger charge is -2.30. The second-order valence-corrected chi connectivity index (χ2v) is 13.9. The molecule has 3 fully saturated rings. The predicted molar refractivity (Wildman–Crippen MR) is 175 cm³/mol. The highest BCUT2D eigenvalue weighted by Crippen LogP contribution is 2.45. The van der Waals surface area contributed by atoms with E-state index in [1.54, 1.807) is 18.3 Å². The highest BCUT2D eigenvalue weighted by molar-refractivity contribution is 7.17. The van der Waals surface area contributed by atoms with Crippen molar-refractivity contribution in [2.75, 3.05) is 6.54 Å². The Bertz CT molecular complexity index is 1730. The predicted octanol–water partition coefficient (Wildman–Crippen LogP) is 4.23. The number of aromatic nitrogens is 3. The largest absolute Gasteiger partial charge is 0.479 e. The van der Waals surface area contributed by atoms with E-state index in [0.717, 1.165) is 38.5 Å². The van der Waals surface area contributed by atoms with Gasteiger partial charge in [0.05, 0.1) is 12.1 Å². The van der Waals surface area contributed by atoms with Crippen molar-refractivity contribution >= 4 is 45.4 Å². The van der Waals surface area contributed by atoms with E-state index >= 15 is 0 Å². The maximum Gasteiger partial charge on any atom is 0.408 e. The van der Waals surface area contributed by atoms with Crippen molar-refractivity contribution in [1.82, 2.24) is 30.5 Å². The van der Waals surface area contributed by atoms with Crippen LogP contribution >= 0.6 is 11.3 Å². The molecule has 3 N–H and O–H groups in total. The normalized spacial score (nSPS) is 28.5. The van der Waals surface area contributed by atoms with Crippen LogP contribution in [0, 0.1) is 5.92 Å². The monoisotopic (exact) mass is 674 g/mol. The van der Waals surface area contributed by atoms with Gasteiger partial charge in [-0.25, -0.2) is 14.6 Å². The number of carboxylic acid groups (broad SMARTS) is 1. The molecule has 14 heteroatoms. The van der Waals surface area contributed by atoms with Crippen molar-refractivity contribution < 1.29 is 33.8 Å². The summed E-state index contributed by atoms with van der Waals surface area (Å²) in [5.41, 5.74) is -0.185. The number of ether oxygens (including phenoxy) is 2. The van der Waals surface area contributed by atoms with Crippen molar-refractivity contribution in [2.24, 2.45) is 5.92 Å². The fourth-order valence-electron chi connectivity index (χ4n) is 6.65. The van der Waals surface area contributed by atoms with Gasteiger partial charge in [-0.1, -0.05) is 31.1 Å². The van der Waals surface area contributed by atoms with Gasteiger partial charge in [0.2, 0.25) is 17.7 Å². The lowest BCUT2D eigenvalue weighted by molar-refractivity contribution is -0.145. The zero-order chi connectivity index (χ0) is 33.3. The number of aliphatic carboxylic acids is 1. The van der Waals surface area contributed by atoms with Crippen LogP contribution < -0.4 is 15.4 Å². The molecule has 3 aromatic heterocycles. The Morgan fingerprint density at radius 3 is 2.71 bits per heavy atom. The number of rotatable bonds is 6. The van der Waals surface area contributed by atoms with E-state index in [2.05, 4.69) is 25.6 Å². The Hall–Kier alpha value is -4.59. The quantitative estimate of drug-likeness (QED) is 0.321. The van der Waals surface area contributed by atoms with Crippen LogP contribution in [0.4, 0.5) is 4.79 Å². The van der Waals surface area contributed by atoms with Gasteiger partial charge in [-0.05, 0) is 68.5 Å². The van der Waals surface area contributed by atoms with Crippen LogP contribution in [0.25, 0.3) is 21.7 Å². The zero-order valence-corrected chi connectivity index (χ0v) is 27.2. The van der Waals surface area contributed by atoms with Gasteiger partial charge in [0.1, 0.15) is 40.2 Å². The Labute approximate surface area is 281 Å². The third-order valence-corrected chi connectivity index (χ3v) is 10.6. The number of hydrogen-bond acceptors (Lipinski definition) is 10. The van der Waals surface area contributed by atoms with Crippen molar-refractivity contribution in [2.45, 2.75) is 94.0 Å². The third kappa shape index (κ3) is 6.58. The highest BCUT2D eigenvalue weighted by atomic mass is 32.1. The van der Waals surface area contributed by atoms with Crippen LogP contribution in [-0.4, -0.2) is 85.2 Å². The maximum atomic E-state index is 14.3. The van der Waals surface area contributed by atoms with Crippen LogP contribution in [0.5, 0.6) is 5.88 Å². The third-order valence-electron chi connectivity index (χ3n) is 9.68. The molecule has 13 nitrogen and oxygen atoms in total. The summed E-state index contributed by atoms with van der Waals surface area (Å²) in [6.45, 7) is 0.0337. The number of thiophene rings is 1. The number of nitrogens with zero attached hydrogens (tertiary/aromatic N) is 4. The molecule has 0 unspecified atom stereocenters. The number of allylic oxidation sites excluding steroid dienone is 1. The van der Waals surface area contributed by atoms with Gasteiger partial charge in [-0.3, -0.25) is 14.6 Å². The molecule has 5 heterocycles. The molecule has 0 bridgehead atoms. The summed E-state index contributed by atoms with van der Waals surface area (Å²) >= 11 is 1.41. The highest BCUT2D eigenvalue weighted by Gasteiger charge is 2.61. The second kappa shape index (κ2) is 13.5. The van der Waals surface area contributed by atoms with Crippen LogP contribution in [0.3, 0.4) is 0 Å². The molecule has 7 rings (SSSR count). The topological polar surface area (TPSA) is 173 Å². The van der Waals surface area contributed by atoms with Gasteiger partial charge in [-0.2, -0.15) is 4.98 Å². The number of carbonyl (C=O) groups excluding carboxylic acids is 3. The second-order valence-electron chi connectivity index (χ2n) is 13.0. The zero-order valence-electron chi connectivity index (χ0n) is 26.4. The first-order valence-corrected chi connectivity index (χ1v) is 17.5. The molecular weight excluding hydrogens is 636 g/mol. The Morgan fingerprint density at radius 1 is 1.06 bits per heavy atom. The summed E-state index contributed by atoms with van der Waals surface area (Å²) in [4.78, 5) is 68.7. The minimum Gasteiger partial charge on any atom is -0.479 e. The van der Waals surface area contributed by atoms with Gasteiger partial charge >= 0.3 is 12.1 Å². The molecule has 1 saturated heterocycles. The smallest absolute Gasteiger partial charge is 0.408 e. The number of amides is 3. The first-order valence-electron chi connectivity index (χ1n) is 16.6. The molecule has 0 aromatic carbocycles. The van der Waals surface area contributed by atoms with Gasteiger partial charge < -0.3 is 30.1 Å². The summed E-state index contributed by atoms with van der Waals surface area (Å²) in [7, 11) is 0. The Morgan fingerprint density at radius 2 is 1.94 bits per heavy atom. The van der Waals surface area contributed by atoms with Crippen LogP contribution in [-0.2, 0) is 19.1 Å². The summed E-state index contributed by atoms with van der Waals surface area (Å²) in [6, 6.07) is 5.35. The first kappa shape index (κ1) is 32.0. The molecule has 252 valence electrons. The van der Waals surface area contributed by atoms with E-state index in [4.69, 9.17) is 9.47 Å². The molecule has 3 aromatic rings. The molecule has 4 aliphatic rings. The van der Waals surface area contributed by atoms with E-state index in [9.17, 15) is 24.3 Å². The van der Waals surface area contributed by atoms with Crippen molar-refractivity contribution in [3.05, 3.63) is 48.0 Å². The van der Waals surface area contributed by atoms with Crippen LogP contribution in [0.2, 0.25) is 0 Å². The van der Waals surface area contributed by atoms with Gasteiger partial charge in [0.15, 0.2) is 5.82 Å². The van der Waals surface area contributed by atoms with Crippen molar-refractivity contribution in [3.8, 4) is 17.4 Å². The molecule has 3 amide bonds. The number of hydrogen-bond donors (Lipinski definition) is 3. The standard InChI is InChI=1S/C34H38N6O7S/c41-29-26-17-22(46-30-27-23(14-16-48-27)36-28(38-30)24-12-6-7-15-35-24)19-40(26)31(42)25(37-33(45)47-21-10-8-11-21)13-5-3-1-2-4-9-20-18-34(20,39-29)32(43)44/h4,6-7,9,12,14-16,20-22,25-26H,1-3,5,8,10-11,13,17-19H2,(H,37,45)(H,39,41)(H,43,44)/b9-4-/t20-,22-,25+,26+,34-/m1/s1. The van der Waals surface area contributed by atoms with E-state index < -0.39 is 47.6 Å². The fraction of sp³-hybridized carbons (Fsp3) is 0.500. The average Bonchev–Trinajstić information content (AvgIpc) is 3.35. The van der Waals surface area contributed by atoms with E-state index in [1.165, 1.54) is 16.2 Å². The lowest BCUT2D eigenvalue weighted by Crippen LogP contribution is -2.56. The number of alkyl carbamates (subject to hydrolysis) is 1. The number of carbonyl (C=O) groups is 4. The van der Waals surface area contributed by atoms with E-state index in [0.29, 0.717) is 40.5 Å². The van der Waals surface area contributed by atoms with Gasteiger partial charge in [0.25, 0.3) is 0 Å². The van der Waals surface area contributed by atoms with Crippen molar-refractivity contribution in [3.63, 3.8) is 0 Å². The minimum atomic E-state index is -1.43. The molecule has 2 saturated carbocycles. The molecule has 2 aliphatic heterocycles. The minimum absolute atomic E-state index is 0.0337. The van der Waals surface area contributed by atoms with Crippen LogP contribution in [0.15, 0.2) is 48.0 Å². The van der Waals surface area contributed by atoms with E-state index in [1.807, 2.05) is 29.7 Å². The molecule has 0 radical (unpaired) electrons. The van der Waals surface area contributed by atoms with Crippen LogP contribution in [0.1, 0.15) is 64.2 Å². The Balaban J connectivity index is 1.18. The summed E-state index contributed by atoms with van der Waals surface area (Å²) in [6.07, 6.45) is 10.5. The molecule has 2 aliphatic carbocycles. The first-order chi connectivity index (χ1) is 23.3.